The molecule has 2 rings (SSSR count). The number of hydrogen-bond donors (Lipinski definition) is 2. The minimum absolute atomic E-state index is 0.0993. The van der Waals surface area contributed by atoms with E-state index in [1.165, 1.54) is 0 Å². The molecule has 1 aromatic heterocycles. The molecule has 1 heterocycles. The van der Waals surface area contributed by atoms with Gasteiger partial charge in [0.2, 0.25) is 5.91 Å². The molecule has 1 saturated carbocycles. The van der Waals surface area contributed by atoms with E-state index >= 15 is 0 Å². The van der Waals surface area contributed by atoms with Gasteiger partial charge in [0.25, 0.3) is 0 Å². The van der Waals surface area contributed by atoms with Crippen LogP contribution < -0.4 is 11.1 Å². The molecule has 1 fully saturated rings. The molecule has 0 unspecified atom stereocenters. The van der Waals surface area contributed by atoms with E-state index in [1.54, 1.807) is 0 Å². The lowest BCUT2D eigenvalue weighted by atomic mass is 9.95. The zero-order valence-corrected chi connectivity index (χ0v) is 12.1. The van der Waals surface area contributed by atoms with Gasteiger partial charge in [-0.3, -0.25) is 9.48 Å². The summed E-state index contributed by atoms with van der Waals surface area (Å²) in [7, 11) is 1.93. The third-order valence-corrected chi connectivity index (χ3v) is 4.40. The summed E-state index contributed by atoms with van der Waals surface area (Å²) >= 11 is 0. The minimum atomic E-state index is 0.0993. The number of rotatable bonds is 4. The third kappa shape index (κ3) is 2.81. The van der Waals surface area contributed by atoms with E-state index in [0.717, 1.165) is 36.2 Å². The smallest absolute Gasteiger partial charge is 0.223 e. The summed E-state index contributed by atoms with van der Waals surface area (Å²) < 4.78 is 1.86. The normalized spacial score (nSPS) is 22.7. The Kier molecular flexibility index (Phi) is 4.24. The summed E-state index contributed by atoms with van der Waals surface area (Å²) in [5.41, 5.74) is 8.95. The van der Waals surface area contributed by atoms with Gasteiger partial charge in [0.1, 0.15) is 0 Å². The number of aromatic nitrogens is 2. The summed E-state index contributed by atoms with van der Waals surface area (Å²) in [6.07, 6.45) is 3.17. The highest BCUT2D eigenvalue weighted by molar-refractivity contribution is 5.79. The number of amides is 1. The van der Waals surface area contributed by atoms with Gasteiger partial charge >= 0.3 is 0 Å². The van der Waals surface area contributed by atoms with E-state index in [4.69, 9.17) is 5.73 Å². The Labute approximate surface area is 114 Å². The predicted octanol–water partition coefficient (Wildman–Crippen LogP) is 1.03. The monoisotopic (exact) mass is 264 g/mol. The largest absolute Gasteiger partial charge is 0.352 e. The summed E-state index contributed by atoms with van der Waals surface area (Å²) in [6, 6.07) is 0. The molecule has 0 aromatic carbocycles. The average molecular weight is 264 g/mol. The van der Waals surface area contributed by atoms with Crippen molar-refractivity contribution in [1.82, 2.24) is 15.1 Å². The van der Waals surface area contributed by atoms with Crippen molar-refractivity contribution in [1.29, 1.82) is 0 Å². The van der Waals surface area contributed by atoms with E-state index in [0.29, 0.717) is 19.0 Å². The quantitative estimate of drug-likeness (QED) is 0.853. The highest BCUT2D eigenvalue weighted by Crippen LogP contribution is 2.31. The number of carbonyl (C=O) groups excluding carboxylic acids is 1. The Morgan fingerprint density at radius 2 is 2.21 bits per heavy atom. The third-order valence-electron chi connectivity index (χ3n) is 4.40. The molecule has 3 N–H and O–H groups in total. The van der Waals surface area contributed by atoms with Crippen LogP contribution in [-0.4, -0.2) is 22.2 Å². The van der Waals surface area contributed by atoms with Gasteiger partial charge in [0.05, 0.1) is 5.69 Å². The molecule has 0 saturated heterocycles. The van der Waals surface area contributed by atoms with Crippen molar-refractivity contribution in [2.45, 2.75) is 39.7 Å². The van der Waals surface area contributed by atoms with Gasteiger partial charge in [0.15, 0.2) is 0 Å². The first kappa shape index (κ1) is 14.1. The molecule has 0 radical (unpaired) electrons. The highest BCUT2D eigenvalue weighted by atomic mass is 16.1. The Balaban J connectivity index is 1.97. The number of hydrogen-bond acceptors (Lipinski definition) is 3. The van der Waals surface area contributed by atoms with Gasteiger partial charge in [-0.25, -0.2) is 0 Å². The van der Waals surface area contributed by atoms with Crippen molar-refractivity contribution in [3.8, 4) is 0 Å². The van der Waals surface area contributed by atoms with Crippen molar-refractivity contribution in [2.24, 2.45) is 24.6 Å². The molecule has 106 valence electrons. The number of carbonyl (C=O) groups is 1. The lowest BCUT2D eigenvalue weighted by Gasteiger charge is -2.17. The summed E-state index contributed by atoms with van der Waals surface area (Å²) in [4.78, 5) is 12.2. The first-order valence-electron chi connectivity index (χ1n) is 7.01. The molecular formula is C14H24N4O. The molecule has 1 amide bonds. The summed E-state index contributed by atoms with van der Waals surface area (Å²) in [6.45, 7) is 5.19. The molecule has 5 heteroatoms. The molecule has 1 aliphatic rings. The van der Waals surface area contributed by atoms with Gasteiger partial charge in [-0.2, -0.15) is 5.10 Å². The molecule has 1 aromatic rings. The maximum atomic E-state index is 12.2. The van der Waals surface area contributed by atoms with Crippen molar-refractivity contribution < 1.29 is 4.79 Å². The van der Waals surface area contributed by atoms with Gasteiger partial charge < -0.3 is 11.1 Å². The van der Waals surface area contributed by atoms with Crippen LogP contribution in [-0.2, 0) is 18.4 Å². The molecule has 1 aliphatic carbocycles. The minimum Gasteiger partial charge on any atom is -0.352 e. The van der Waals surface area contributed by atoms with E-state index in [9.17, 15) is 4.79 Å². The second kappa shape index (κ2) is 5.74. The van der Waals surface area contributed by atoms with E-state index < -0.39 is 0 Å². The van der Waals surface area contributed by atoms with Gasteiger partial charge in [-0.05, 0) is 39.2 Å². The number of nitrogens with two attached hydrogens (primary N) is 1. The van der Waals surface area contributed by atoms with Crippen molar-refractivity contribution >= 4 is 5.91 Å². The standard InChI is InChI=1S/C14H24N4O/c1-9-13(10(2)18(3)17-9)8-16-14(19)12-6-4-5-11(12)7-15/h11-12H,4-8,15H2,1-3H3,(H,16,19)/t11-,12-/m1/s1. The van der Waals surface area contributed by atoms with Crippen LogP contribution >= 0.6 is 0 Å². The number of aryl methyl sites for hydroxylation is 2. The molecule has 0 bridgehead atoms. The van der Waals surface area contributed by atoms with Crippen LogP contribution in [0.4, 0.5) is 0 Å². The molecule has 2 atom stereocenters. The highest BCUT2D eigenvalue weighted by Gasteiger charge is 2.31. The van der Waals surface area contributed by atoms with Gasteiger partial charge in [0, 0.05) is 30.8 Å². The van der Waals surface area contributed by atoms with Crippen LogP contribution in [0.2, 0.25) is 0 Å². The average Bonchev–Trinajstić information content (AvgIpc) is 2.94. The molecule has 0 aliphatic heterocycles. The second-order valence-corrected chi connectivity index (χ2v) is 5.52. The van der Waals surface area contributed by atoms with E-state index in [-0.39, 0.29) is 11.8 Å². The summed E-state index contributed by atoms with van der Waals surface area (Å²) in [5, 5.41) is 7.41. The van der Waals surface area contributed by atoms with Crippen molar-refractivity contribution in [3.63, 3.8) is 0 Å². The zero-order chi connectivity index (χ0) is 14.0. The first-order valence-corrected chi connectivity index (χ1v) is 7.01. The van der Waals surface area contributed by atoms with Crippen LogP contribution in [0.15, 0.2) is 0 Å². The predicted molar refractivity (Wildman–Crippen MR) is 74.4 cm³/mol. The van der Waals surface area contributed by atoms with E-state index in [2.05, 4.69) is 10.4 Å². The van der Waals surface area contributed by atoms with Crippen LogP contribution in [0.3, 0.4) is 0 Å². The summed E-state index contributed by atoms with van der Waals surface area (Å²) in [5.74, 6) is 0.606. The SMILES string of the molecule is Cc1nn(C)c(C)c1CNC(=O)[C@@H]1CCC[C@@H]1CN. The number of nitrogens with zero attached hydrogens (tertiary/aromatic N) is 2. The van der Waals surface area contributed by atoms with Crippen LogP contribution in [0.5, 0.6) is 0 Å². The maximum absolute atomic E-state index is 12.2. The van der Waals surface area contributed by atoms with Crippen LogP contribution in [0, 0.1) is 25.7 Å². The Morgan fingerprint density at radius 3 is 2.79 bits per heavy atom. The van der Waals surface area contributed by atoms with Crippen LogP contribution in [0.25, 0.3) is 0 Å². The van der Waals surface area contributed by atoms with Gasteiger partial charge in [-0.1, -0.05) is 6.42 Å². The Bertz CT molecular complexity index is 466. The maximum Gasteiger partial charge on any atom is 0.223 e. The fourth-order valence-corrected chi connectivity index (χ4v) is 3.04. The fourth-order valence-electron chi connectivity index (χ4n) is 3.04. The Morgan fingerprint density at radius 1 is 1.47 bits per heavy atom. The first-order chi connectivity index (χ1) is 9.04. The van der Waals surface area contributed by atoms with Crippen LogP contribution in [0.1, 0.15) is 36.2 Å². The molecule has 0 spiro atoms. The zero-order valence-electron chi connectivity index (χ0n) is 12.1. The number of nitrogens with one attached hydrogen (secondary N) is 1. The topological polar surface area (TPSA) is 72.9 Å². The van der Waals surface area contributed by atoms with E-state index in [1.807, 2.05) is 25.6 Å². The van der Waals surface area contributed by atoms with Crippen molar-refractivity contribution in [2.75, 3.05) is 6.54 Å². The second-order valence-electron chi connectivity index (χ2n) is 5.52. The molecule has 19 heavy (non-hydrogen) atoms. The molecular weight excluding hydrogens is 240 g/mol. The fraction of sp³-hybridized carbons (Fsp3) is 0.714. The van der Waals surface area contributed by atoms with Crippen molar-refractivity contribution in [3.05, 3.63) is 17.0 Å². The lowest BCUT2D eigenvalue weighted by molar-refractivity contribution is -0.126. The van der Waals surface area contributed by atoms with Gasteiger partial charge in [-0.15, -0.1) is 0 Å². The lowest BCUT2D eigenvalue weighted by Crippen LogP contribution is -2.34. The molecule has 5 nitrogen and oxygen atoms in total. The Hall–Kier alpha value is -1.36.